The molecule has 0 aliphatic rings. The Balaban J connectivity index is 6.81. The van der Waals surface area contributed by atoms with Crippen molar-refractivity contribution in [3.8, 4) is 18.2 Å². The Hall–Kier alpha value is -1.80. The highest BCUT2D eigenvalue weighted by molar-refractivity contribution is 8.24. The van der Waals surface area contributed by atoms with Crippen molar-refractivity contribution >= 4 is 30.1 Å². The van der Waals surface area contributed by atoms with Gasteiger partial charge in [-0.3, -0.25) is 0 Å². The van der Waals surface area contributed by atoms with E-state index in [9.17, 15) is 25.3 Å². The monoisotopic (exact) mass is 440 g/mol. The lowest BCUT2D eigenvalue weighted by molar-refractivity contribution is 0.517. The van der Waals surface area contributed by atoms with E-state index in [2.05, 4.69) is 0 Å². The summed E-state index contributed by atoms with van der Waals surface area (Å²) < 4.78 is 78.0. The van der Waals surface area contributed by atoms with E-state index in [1.165, 1.54) is 18.2 Å². The van der Waals surface area contributed by atoms with Crippen LogP contribution in [-0.2, 0) is 30.1 Å². The van der Waals surface area contributed by atoms with Crippen molar-refractivity contribution < 1.29 is 25.3 Å². The van der Waals surface area contributed by atoms with Gasteiger partial charge in [0, 0.05) is 6.42 Å². The molecule has 0 aliphatic carbocycles. The lowest BCUT2D eigenvalue weighted by atomic mass is 10.2. The lowest BCUT2D eigenvalue weighted by Gasteiger charge is -2.31. The molecule has 0 amide bonds. The molecule has 0 rings (SSSR count). The predicted molar refractivity (Wildman–Crippen MR) is 94.5 cm³/mol. The molecular weight excluding hydrogens is 420 g/mol. The Bertz CT molecular complexity index is 820. The Morgan fingerprint density at radius 2 is 1.04 bits per heavy atom. The minimum absolute atomic E-state index is 0.106. The lowest BCUT2D eigenvalue weighted by Crippen LogP contribution is -2.63. The normalized spacial score (nSPS) is 12.7. The second kappa shape index (κ2) is 10.5. The first-order chi connectivity index (χ1) is 12.5. The summed E-state index contributed by atoms with van der Waals surface area (Å²) in [7, 11) is -15.6. The van der Waals surface area contributed by atoms with Gasteiger partial charge < -0.3 is 0 Å². The molecule has 0 bridgehead atoms. The molecule has 12 nitrogen and oxygen atoms in total. The summed E-state index contributed by atoms with van der Waals surface area (Å²) in [6.45, 7) is -0.896. The second-order valence-electron chi connectivity index (χ2n) is 5.09. The van der Waals surface area contributed by atoms with Gasteiger partial charge in [-0.2, -0.15) is 30.0 Å². The van der Waals surface area contributed by atoms with Gasteiger partial charge in [0.05, 0.1) is 37.8 Å². The third-order valence-corrected chi connectivity index (χ3v) is 11.9. The zero-order valence-electron chi connectivity index (χ0n) is 14.5. The first-order valence-corrected chi connectivity index (χ1v) is 12.0. The minimum Gasteiger partial charge on any atom is -0.209 e. The Kier molecular flexibility index (Phi) is 9.81. The maximum Gasteiger partial charge on any atom is 0.313 e. The number of nitrogens with zero attached hydrogens (tertiary/aromatic N) is 3. The van der Waals surface area contributed by atoms with Gasteiger partial charge in [-0.05, 0) is 6.42 Å². The van der Waals surface area contributed by atoms with Crippen LogP contribution in [0.15, 0.2) is 0 Å². The average molecular weight is 441 g/mol. The smallest absolute Gasteiger partial charge is 0.209 e. The van der Waals surface area contributed by atoms with E-state index in [0.29, 0.717) is 12.8 Å². The first-order valence-electron chi connectivity index (χ1n) is 7.58. The third kappa shape index (κ3) is 5.59. The maximum absolute atomic E-state index is 12.8. The van der Waals surface area contributed by atoms with Crippen LogP contribution < -0.4 is 14.2 Å². The van der Waals surface area contributed by atoms with Crippen LogP contribution in [0.4, 0.5) is 0 Å². The van der Waals surface area contributed by atoms with Gasteiger partial charge in [-0.25, -0.2) is 25.3 Å². The molecule has 152 valence electrons. The SMILES string of the molecule is CCCCCC(S(=O)(=O)NCC#N)(S(=O)(=O)NCC#N)S(=O)(=O)NCC#N. The fourth-order valence-corrected chi connectivity index (χ4v) is 9.33. The average Bonchev–Trinajstić information content (AvgIpc) is 2.59. The summed E-state index contributed by atoms with van der Waals surface area (Å²) in [6.07, 6.45) is -0.135. The predicted octanol–water partition coefficient (Wildman–Crippen LogP) is -1.45. The molecule has 0 heterocycles. The summed E-state index contributed by atoms with van der Waals surface area (Å²) >= 11 is 0. The minimum atomic E-state index is -5.20. The molecule has 0 saturated heterocycles. The molecule has 0 aromatic carbocycles. The van der Waals surface area contributed by atoms with Crippen molar-refractivity contribution in [2.75, 3.05) is 19.6 Å². The van der Waals surface area contributed by atoms with Crippen molar-refractivity contribution in [2.45, 2.75) is 36.0 Å². The fourth-order valence-electron chi connectivity index (χ4n) is 2.14. The van der Waals surface area contributed by atoms with Crippen LogP contribution in [0.1, 0.15) is 32.6 Å². The summed E-state index contributed by atoms with van der Waals surface area (Å²) in [5, 5.41) is 25.8. The van der Waals surface area contributed by atoms with Gasteiger partial charge in [-0.15, -0.1) is 0 Å². The van der Waals surface area contributed by atoms with Crippen molar-refractivity contribution in [1.29, 1.82) is 15.8 Å². The number of nitriles is 3. The van der Waals surface area contributed by atoms with Gasteiger partial charge >= 0.3 is 3.41 Å². The quantitative estimate of drug-likeness (QED) is 0.225. The number of sulfonamides is 3. The first kappa shape index (κ1) is 25.2. The van der Waals surface area contributed by atoms with E-state index >= 15 is 0 Å². The zero-order chi connectivity index (χ0) is 21.2. The van der Waals surface area contributed by atoms with E-state index in [-0.39, 0.29) is 6.42 Å². The number of nitrogens with one attached hydrogen (secondary N) is 3. The summed E-state index contributed by atoms with van der Waals surface area (Å²) in [4.78, 5) is 0. The van der Waals surface area contributed by atoms with E-state index < -0.39 is 59.5 Å². The van der Waals surface area contributed by atoms with Crippen LogP contribution in [0.25, 0.3) is 0 Å². The molecule has 0 saturated carbocycles. The van der Waals surface area contributed by atoms with Crippen LogP contribution in [0.2, 0.25) is 0 Å². The highest BCUT2D eigenvalue weighted by atomic mass is 32.3. The Labute approximate surface area is 159 Å². The van der Waals surface area contributed by atoms with E-state index in [1.807, 2.05) is 0 Å². The third-order valence-electron chi connectivity index (χ3n) is 3.34. The number of hydrogen-bond acceptors (Lipinski definition) is 9. The Morgan fingerprint density at radius 1 is 0.704 bits per heavy atom. The summed E-state index contributed by atoms with van der Waals surface area (Å²) in [5.41, 5.74) is 0. The molecule has 3 N–H and O–H groups in total. The van der Waals surface area contributed by atoms with Crippen LogP contribution in [0.5, 0.6) is 0 Å². The van der Waals surface area contributed by atoms with Gasteiger partial charge in [0.25, 0.3) is 30.1 Å². The van der Waals surface area contributed by atoms with Crippen LogP contribution in [0.3, 0.4) is 0 Å². The van der Waals surface area contributed by atoms with E-state index in [0.717, 1.165) is 0 Å². The Morgan fingerprint density at radius 3 is 1.30 bits per heavy atom. The van der Waals surface area contributed by atoms with Gasteiger partial charge in [0.1, 0.15) is 0 Å². The molecule has 0 aliphatic heterocycles. The maximum atomic E-state index is 12.8. The molecule has 0 atom stereocenters. The van der Waals surface area contributed by atoms with Gasteiger partial charge in [0.15, 0.2) is 0 Å². The fraction of sp³-hybridized carbons (Fsp3) is 0.750. The zero-order valence-corrected chi connectivity index (χ0v) is 16.9. The molecular formula is C12H20N6O6S3. The molecule has 0 spiro atoms. The molecule has 0 aromatic rings. The molecule has 0 fully saturated rings. The summed E-state index contributed by atoms with van der Waals surface area (Å²) in [5.74, 6) is 0. The largest absolute Gasteiger partial charge is 0.313 e. The molecule has 27 heavy (non-hydrogen) atoms. The van der Waals surface area contributed by atoms with Crippen molar-refractivity contribution in [1.82, 2.24) is 14.2 Å². The molecule has 0 aromatic heterocycles. The molecule has 0 unspecified atom stereocenters. The standard InChI is InChI=1S/C12H20N6O6S3/c1-2-3-4-5-12(25(19,20)16-9-6-13,26(21,22)17-10-7-14)27(23,24)18-11-8-15/h16-18H,2-5,9-11H2,1H3. The van der Waals surface area contributed by atoms with E-state index in [4.69, 9.17) is 15.8 Å². The summed E-state index contributed by atoms with van der Waals surface area (Å²) in [6, 6.07) is 4.28. The van der Waals surface area contributed by atoms with Crippen LogP contribution in [0, 0.1) is 34.0 Å². The molecule has 15 heteroatoms. The second-order valence-corrected chi connectivity index (χ2v) is 11.8. The molecule has 0 radical (unpaired) electrons. The number of unbranched alkanes of at least 4 members (excludes halogenated alkanes) is 2. The topological polar surface area (TPSA) is 210 Å². The highest BCUT2D eigenvalue weighted by Crippen LogP contribution is 2.35. The van der Waals surface area contributed by atoms with Gasteiger partial charge in [0.2, 0.25) is 0 Å². The van der Waals surface area contributed by atoms with Crippen molar-refractivity contribution in [2.24, 2.45) is 0 Å². The van der Waals surface area contributed by atoms with Crippen molar-refractivity contribution in [3.63, 3.8) is 0 Å². The number of rotatable bonds is 13. The highest BCUT2D eigenvalue weighted by Gasteiger charge is 2.64. The van der Waals surface area contributed by atoms with Crippen LogP contribution in [-0.4, -0.2) is 48.3 Å². The van der Waals surface area contributed by atoms with Gasteiger partial charge in [-0.1, -0.05) is 19.8 Å². The van der Waals surface area contributed by atoms with Crippen molar-refractivity contribution in [3.05, 3.63) is 0 Å². The van der Waals surface area contributed by atoms with Crippen LogP contribution >= 0.6 is 0 Å². The number of hydrogen-bond donors (Lipinski definition) is 3. The van der Waals surface area contributed by atoms with E-state index in [1.54, 1.807) is 21.1 Å².